The summed E-state index contributed by atoms with van der Waals surface area (Å²) < 4.78 is 5.76. The van der Waals surface area contributed by atoms with Gasteiger partial charge in [0.1, 0.15) is 12.4 Å². The van der Waals surface area contributed by atoms with Crippen molar-refractivity contribution in [2.45, 2.75) is 12.8 Å². The number of ether oxygens (including phenoxy) is 1. The first-order valence-electron chi connectivity index (χ1n) is 5.90. The van der Waals surface area contributed by atoms with E-state index in [1.54, 1.807) is 0 Å². The molecule has 1 radical (unpaired) electrons. The van der Waals surface area contributed by atoms with Gasteiger partial charge in [-0.1, -0.05) is 36.4 Å². The van der Waals surface area contributed by atoms with Crippen LogP contribution in [-0.4, -0.2) is 6.61 Å². The van der Waals surface area contributed by atoms with E-state index in [0.717, 1.165) is 18.6 Å². The Morgan fingerprint density at radius 2 is 2.00 bits per heavy atom. The third kappa shape index (κ3) is 3.35. The summed E-state index contributed by atoms with van der Waals surface area (Å²) in [6.45, 7) is 4.42. The highest BCUT2D eigenvalue weighted by molar-refractivity contribution is 5.37. The summed E-state index contributed by atoms with van der Waals surface area (Å²) in [5, 5.41) is 0. The van der Waals surface area contributed by atoms with Crippen LogP contribution in [0.4, 0.5) is 0 Å². The Bertz CT molecular complexity index is 426. The fourth-order valence-corrected chi connectivity index (χ4v) is 1.84. The number of benzene rings is 1. The van der Waals surface area contributed by atoms with Crippen LogP contribution >= 0.6 is 0 Å². The molecular formula is C16H17O. The van der Waals surface area contributed by atoms with E-state index in [1.165, 1.54) is 11.1 Å². The highest BCUT2D eigenvalue weighted by atomic mass is 16.5. The van der Waals surface area contributed by atoms with Crippen molar-refractivity contribution in [3.8, 4) is 5.75 Å². The summed E-state index contributed by atoms with van der Waals surface area (Å²) in [6.07, 6.45) is 10.4. The summed E-state index contributed by atoms with van der Waals surface area (Å²) >= 11 is 0. The molecule has 1 nitrogen and oxygen atoms in total. The minimum Gasteiger partial charge on any atom is -0.489 e. The first-order valence-corrected chi connectivity index (χ1v) is 5.90. The topological polar surface area (TPSA) is 9.23 Å². The van der Waals surface area contributed by atoms with Crippen LogP contribution in [0.2, 0.25) is 0 Å². The Labute approximate surface area is 103 Å². The van der Waals surface area contributed by atoms with Gasteiger partial charge in [0.2, 0.25) is 0 Å². The summed E-state index contributed by atoms with van der Waals surface area (Å²) in [4.78, 5) is 0. The van der Waals surface area contributed by atoms with E-state index in [-0.39, 0.29) is 0 Å². The maximum absolute atomic E-state index is 5.76. The number of hydrogen-bond acceptors (Lipinski definition) is 1. The van der Waals surface area contributed by atoms with Crippen LogP contribution < -0.4 is 4.74 Å². The third-order valence-electron chi connectivity index (χ3n) is 2.73. The highest BCUT2D eigenvalue weighted by Gasteiger charge is 2.08. The van der Waals surface area contributed by atoms with Gasteiger partial charge in [-0.05, 0) is 42.5 Å². The van der Waals surface area contributed by atoms with Crippen LogP contribution in [0.5, 0.6) is 5.75 Å². The molecule has 0 saturated heterocycles. The van der Waals surface area contributed by atoms with E-state index < -0.39 is 0 Å². The van der Waals surface area contributed by atoms with Crippen LogP contribution in [-0.2, 0) is 0 Å². The molecule has 0 unspecified atom stereocenters. The number of rotatable bonds is 5. The molecular weight excluding hydrogens is 208 g/mol. The Hall–Kier alpha value is -1.76. The molecule has 0 saturated carbocycles. The van der Waals surface area contributed by atoms with Crippen molar-refractivity contribution in [1.82, 2.24) is 0 Å². The molecule has 2 rings (SSSR count). The van der Waals surface area contributed by atoms with Crippen LogP contribution in [0.15, 0.2) is 66.3 Å². The molecule has 0 amide bonds. The van der Waals surface area contributed by atoms with Gasteiger partial charge in [0, 0.05) is 0 Å². The van der Waals surface area contributed by atoms with Crippen LogP contribution in [0.1, 0.15) is 12.8 Å². The smallest absolute Gasteiger partial charge is 0.119 e. The SMILES string of the molecule is C=CCC1=C(COc2ccccc2)[CH]CC=C1. The number of allylic oxidation sites excluding steroid dienone is 4. The van der Waals surface area contributed by atoms with E-state index >= 15 is 0 Å². The minimum absolute atomic E-state index is 0.636. The molecule has 1 heteroatoms. The lowest BCUT2D eigenvalue weighted by molar-refractivity contribution is 0.352. The van der Waals surface area contributed by atoms with Gasteiger partial charge in [0.15, 0.2) is 0 Å². The van der Waals surface area contributed by atoms with Gasteiger partial charge in [0.25, 0.3) is 0 Å². The van der Waals surface area contributed by atoms with Gasteiger partial charge < -0.3 is 4.74 Å². The van der Waals surface area contributed by atoms with Crippen LogP contribution in [0.25, 0.3) is 0 Å². The number of para-hydroxylation sites is 1. The summed E-state index contributed by atoms with van der Waals surface area (Å²) in [6, 6.07) is 9.92. The van der Waals surface area contributed by atoms with Gasteiger partial charge in [-0.25, -0.2) is 0 Å². The zero-order valence-corrected chi connectivity index (χ0v) is 9.93. The third-order valence-corrected chi connectivity index (χ3v) is 2.73. The highest BCUT2D eigenvalue weighted by Crippen LogP contribution is 2.22. The van der Waals surface area contributed by atoms with E-state index in [9.17, 15) is 0 Å². The van der Waals surface area contributed by atoms with Gasteiger partial charge in [-0.2, -0.15) is 0 Å². The van der Waals surface area contributed by atoms with E-state index in [1.807, 2.05) is 36.4 Å². The zero-order chi connectivity index (χ0) is 11.9. The molecule has 1 aromatic rings. The van der Waals surface area contributed by atoms with E-state index in [4.69, 9.17) is 4.74 Å². The van der Waals surface area contributed by atoms with Crippen molar-refractivity contribution >= 4 is 0 Å². The quantitative estimate of drug-likeness (QED) is 0.685. The second-order valence-corrected chi connectivity index (χ2v) is 3.99. The molecule has 0 bridgehead atoms. The predicted octanol–water partition coefficient (Wildman–Crippen LogP) is 4.10. The lowest BCUT2D eigenvalue weighted by Gasteiger charge is -2.15. The molecule has 0 aromatic heterocycles. The van der Waals surface area contributed by atoms with Gasteiger partial charge in [0.05, 0.1) is 0 Å². The van der Waals surface area contributed by atoms with Crippen molar-refractivity contribution in [3.05, 3.63) is 72.7 Å². The average Bonchev–Trinajstić information content (AvgIpc) is 2.39. The number of hydrogen-bond donors (Lipinski definition) is 0. The van der Waals surface area contributed by atoms with Crippen LogP contribution in [0.3, 0.4) is 0 Å². The lowest BCUT2D eigenvalue weighted by Crippen LogP contribution is -2.06. The lowest BCUT2D eigenvalue weighted by atomic mass is 9.96. The second-order valence-electron chi connectivity index (χ2n) is 3.99. The largest absolute Gasteiger partial charge is 0.489 e. The molecule has 0 heterocycles. The normalized spacial score (nSPS) is 14.8. The molecule has 0 spiro atoms. The van der Waals surface area contributed by atoms with Crippen molar-refractivity contribution in [3.63, 3.8) is 0 Å². The average molecular weight is 225 g/mol. The van der Waals surface area contributed by atoms with Gasteiger partial charge in [-0.3, -0.25) is 0 Å². The van der Waals surface area contributed by atoms with Crippen molar-refractivity contribution in [2.75, 3.05) is 6.61 Å². The second kappa shape index (κ2) is 6.09. The first-order chi connectivity index (χ1) is 8.40. The monoisotopic (exact) mass is 225 g/mol. The maximum atomic E-state index is 5.76. The molecule has 87 valence electrons. The fraction of sp³-hybridized carbons (Fsp3) is 0.188. The first kappa shape index (κ1) is 11.7. The van der Waals surface area contributed by atoms with Gasteiger partial charge >= 0.3 is 0 Å². The Morgan fingerprint density at radius 3 is 2.76 bits per heavy atom. The summed E-state index contributed by atoms with van der Waals surface area (Å²) in [5.41, 5.74) is 2.58. The molecule has 0 N–H and O–H groups in total. The Morgan fingerprint density at radius 1 is 1.18 bits per heavy atom. The van der Waals surface area contributed by atoms with Crippen LogP contribution in [0, 0.1) is 6.42 Å². The standard InChI is InChI=1S/C16H17O/c1-2-8-14-9-6-7-10-15(14)13-17-16-11-4-3-5-12-16/h2-6,9-12H,1,7-8,13H2. The van der Waals surface area contributed by atoms with E-state index in [0.29, 0.717) is 6.61 Å². The van der Waals surface area contributed by atoms with Crippen molar-refractivity contribution in [2.24, 2.45) is 0 Å². The maximum Gasteiger partial charge on any atom is 0.119 e. The molecule has 1 aliphatic carbocycles. The van der Waals surface area contributed by atoms with Crippen molar-refractivity contribution in [1.29, 1.82) is 0 Å². The molecule has 0 fully saturated rings. The predicted molar refractivity (Wildman–Crippen MR) is 71.8 cm³/mol. The molecule has 1 aromatic carbocycles. The summed E-state index contributed by atoms with van der Waals surface area (Å²) in [7, 11) is 0. The molecule has 1 aliphatic rings. The zero-order valence-electron chi connectivity index (χ0n) is 9.93. The minimum atomic E-state index is 0.636. The summed E-state index contributed by atoms with van der Waals surface area (Å²) in [5.74, 6) is 0.918. The molecule has 17 heavy (non-hydrogen) atoms. The molecule has 0 aliphatic heterocycles. The Kier molecular flexibility index (Phi) is 4.20. The van der Waals surface area contributed by atoms with Crippen molar-refractivity contribution < 1.29 is 4.74 Å². The Balaban J connectivity index is 2.01. The molecule has 0 atom stereocenters. The van der Waals surface area contributed by atoms with E-state index in [2.05, 4.69) is 25.2 Å². The fourth-order valence-electron chi connectivity index (χ4n) is 1.84. The van der Waals surface area contributed by atoms with Gasteiger partial charge in [-0.15, -0.1) is 6.58 Å².